The molecule has 0 aliphatic carbocycles. The number of nitrogens with zero attached hydrogens (tertiary/aromatic N) is 2. The fourth-order valence-corrected chi connectivity index (χ4v) is 3.36. The predicted molar refractivity (Wildman–Crippen MR) is 88.9 cm³/mol. The smallest absolute Gasteiger partial charge is 0.0660 e. The zero-order chi connectivity index (χ0) is 14.7. The lowest BCUT2D eigenvalue weighted by Gasteiger charge is -2.08. The fourth-order valence-electron chi connectivity index (χ4n) is 2.42. The second kappa shape index (κ2) is 6.14. The van der Waals surface area contributed by atoms with E-state index in [0.29, 0.717) is 0 Å². The molecule has 4 heteroatoms. The van der Waals surface area contributed by atoms with Crippen LogP contribution in [0.3, 0.4) is 0 Å². The van der Waals surface area contributed by atoms with Crippen LogP contribution < -0.4 is 5.32 Å². The van der Waals surface area contributed by atoms with Gasteiger partial charge in [0.05, 0.1) is 6.54 Å². The molecule has 0 aliphatic heterocycles. The monoisotopic (exact) mass is 297 g/mol. The van der Waals surface area contributed by atoms with Gasteiger partial charge in [-0.3, -0.25) is 4.68 Å². The molecule has 0 radical (unpaired) electrons. The maximum absolute atomic E-state index is 4.25. The van der Waals surface area contributed by atoms with Gasteiger partial charge in [0.15, 0.2) is 0 Å². The van der Waals surface area contributed by atoms with E-state index in [2.05, 4.69) is 54.6 Å². The van der Waals surface area contributed by atoms with Crippen molar-refractivity contribution in [2.24, 2.45) is 0 Å². The van der Waals surface area contributed by atoms with E-state index in [0.717, 1.165) is 18.8 Å². The van der Waals surface area contributed by atoms with Gasteiger partial charge in [-0.1, -0.05) is 12.1 Å². The van der Waals surface area contributed by atoms with Crippen molar-refractivity contribution in [2.75, 3.05) is 5.32 Å². The summed E-state index contributed by atoms with van der Waals surface area (Å²) in [4.78, 5) is 2.77. The number of anilines is 1. The Morgan fingerprint density at radius 1 is 1.19 bits per heavy atom. The van der Waals surface area contributed by atoms with Gasteiger partial charge in [0, 0.05) is 34.4 Å². The third kappa shape index (κ3) is 3.52. The molecular weight excluding hydrogens is 278 g/mol. The van der Waals surface area contributed by atoms with E-state index in [4.69, 9.17) is 0 Å². The van der Waals surface area contributed by atoms with Crippen LogP contribution in [0.25, 0.3) is 0 Å². The molecule has 0 saturated heterocycles. The van der Waals surface area contributed by atoms with Crippen molar-refractivity contribution in [3.8, 4) is 0 Å². The minimum absolute atomic E-state index is 0.805. The molecular formula is C17H19N3S. The molecule has 0 spiro atoms. The Morgan fingerprint density at radius 3 is 2.81 bits per heavy atom. The van der Waals surface area contributed by atoms with Crippen molar-refractivity contribution in [1.82, 2.24) is 9.78 Å². The first-order valence-electron chi connectivity index (χ1n) is 7.07. The normalized spacial score (nSPS) is 10.8. The lowest BCUT2D eigenvalue weighted by Crippen LogP contribution is -2.02. The van der Waals surface area contributed by atoms with Gasteiger partial charge in [-0.05, 0) is 49.2 Å². The van der Waals surface area contributed by atoms with E-state index < -0.39 is 0 Å². The topological polar surface area (TPSA) is 29.9 Å². The van der Waals surface area contributed by atoms with Crippen molar-refractivity contribution in [2.45, 2.75) is 26.9 Å². The summed E-state index contributed by atoms with van der Waals surface area (Å²) in [6.45, 7) is 6.02. The molecule has 108 valence electrons. The van der Waals surface area contributed by atoms with Crippen molar-refractivity contribution < 1.29 is 0 Å². The van der Waals surface area contributed by atoms with Gasteiger partial charge in [0.2, 0.25) is 0 Å². The molecule has 0 aliphatic rings. The summed E-state index contributed by atoms with van der Waals surface area (Å²) >= 11 is 1.86. The molecule has 0 bridgehead atoms. The third-order valence-electron chi connectivity index (χ3n) is 3.46. The van der Waals surface area contributed by atoms with E-state index in [1.54, 1.807) is 0 Å². The molecule has 0 unspecified atom stereocenters. The molecule has 3 rings (SSSR count). The predicted octanol–water partition coefficient (Wildman–Crippen LogP) is 4.22. The Balaban J connectivity index is 1.67. The van der Waals surface area contributed by atoms with Gasteiger partial charge >= 0.3 is 0 Å². The highest BCUT2D eigenvalue weighted by Gasteiger charge is 2.03. The summed E-state index contributed by atoms with van der Waals surface area (Å²) in [5.41, 5.74) is 3.79. The van der Waals surface area contributed by atoms with Crippen molar-refractivity contribution in [1.29, 1.82) is 0 Å². The highest BCUT2D eigenvalue weighted by atomic mass is 32.1. The third-order valence-corrected chi connectivity index (χ3v) is 4.47. The van der Waals surface area contributed by atoms with E-state index in [1.165, 1.54) is 20.9 Å². The molecule has 3 aromatic rings. The number of aromatic nitrogens is 2. The Labute approximate surface area is 129 Å². The minimum atomic E-state index is 0.805. The van der Waals surface area contributed by atoms with Crippen LogP contribution >= 0.6 is 11.3 Å². The first-order chi connectivity index (χ1) is 10.2. The van der Waals surface area contributed by atoms with Crippen LogP contribution in [0.2, 0.25) is 0 Å². The minimum Gasteiger partial charge on any atom is -0.381 e. The highest BCUT2D eigenvalue weighted by molar-refractivity contribution is 7.12. The summed E-state index contributed by atoms with van der Waals surface area (Å²) < 4.78 is 1.94. The summed E-state index contributed by atoms with van der Waals surface area (Å²) in [6, 6.07) is 12.7. The van der Waals surface area contributed by atoms with Gasteiger partial charge in [-0.2, -0.15) is 5.10 Å². The quantitative estimate of drug-likeness (QED) is 0.764. The average Bonchev–Trinajstić information content (AvgIpc) is 3.07. The van der Waals surface area contributed by atoms with Crippen LogP contribution in [0, 0.1) is 13.8 Å². The standard InChI is InChI=1S/C17H19N3S/c1-13-9-16(14(2)21-13)11-18-17-6-3-5-15(10-17)12-20-8-4-7-19-20/h3-10,18H,11-12H2,1-2H3. The van der Waals surface area contributed by atoms with Crippen LogP contribution in [0.15, 0.2) is 48.8 Å². The van der Waals surface area contributed by atoms with Crippen LogP contribution in [0.5, 0.6) is 0 Å². The van der Waals surface area contributed by atoms with Crippen LogP contribution in [0.1, 0.15) is 20.9 Å². The number of thiophene rings is 1. The molecule has 0 fully saturated rings. The number of nitrogens with one attached hydrogen (secondary N) is 1. The Kier molecular flexibility index (Phi) is 4.06. The van der Waals surface area contributed by atoms with Gasteiger partial charge < -0.3 is 5.32 Å². The fraction of sp³-hybridized carbons (Fsp3) is 0.235. The lowest BCUT2D eigenvalue weighted by atomic mass is 10.2. The number of hydrogen-bond acceptors (Lipinski definition) is 3. The van der Waals surface area contributed by atoms with E-state index in [1.807, 2.05) is 34.5 Å². The zero-order valence-corrected chi connectivity index (χ0v) is 13.2. The largest absolute Gasteiger partial charge is 0.381 e. The Hall–Kier alpha value is -2.07. The first kappa shape index (κ1) is 13.9. The average molecular weight is 297 g/mol. The summed E-state index contributed by atoms with van der Waals surface area (Å²) in [5.74, 6) is 0. The number of benzene rings is 1. The van der Waals surface area contributed by atoms with Crippen LogP contribution in [-0.2, 0) is 13.1 Å². The van der Waals surface area contributed by atoms with Crippen LogP contribution in [0.4, 0.5) is 5.69 Å². The van der Waals surface area contributed by atoms with Gasteiger partial charge in [0.1, 0.15) is 0 Å². The van der Waals surface area contributed by atoms with Crippen molar-refractivity contribution >= 4 is 17.0 Å². The van der Waals surface area contributed by atoms with Gasteiger partial charge in [-0.25, -0.2) is 0 Å². The molecule has 3 nitrogen and oxygen atoms in total. The molecule has 2 heterocycles. The lowest BCUT2D eigenvalue weighted by molar-refractivity contribution is 0.687. The molecule has 0 atom stereocenters. The van der Waals surface area contributed by atoms with Gasteiger partial charge in [0.25, 0.3) is 0 Å². The Bertz CT molecular complexity index is 713. The molecule has 1 aromatic carbocycles. The molecule has 2 aromatic heterocycles. The number of hydrogen-bond donors (Lipinski definition) is 1. The second-order valence-electron chi connectivity index (χ2n) is 5.20. The number of rotatable bonds is 5. The van der Waals surface area contributed by atoms with Gasteiger partial charge in [-0.15, -0.1) is 11.3 Å². The van der Waals surface area contributed by atoms with E-state index >= 15 is 0 Å². The Morgan fingerprint density at radius 2 is 2.10 bits per heavy atom. The molecule has 21 heavy (non-hydrogen) atoms. The van der Waals surface area contributed by atoms with E-state index in [-0.39, 0.29) is 0 Å². The maximum atomic E-state index is 4.25. The number of aryl methyl sites for hydroxylation is 2. The van der Waals surface area contributed by atoms with E-state index in [9.17, 15) is 0 Å². The summed E-state index contributed by atoms with van der Waals surface area (Å²) in [5, 5.41) is 7.76. The summed E-state index contributed by atoms with van der Waals surface area (Å²) in [6.07, 6.45) is 3.79. The zero-order valence-electron chi connectivity index (χ0n) is 12.3. The first-order valence-corrected chi connectivity index (χ1v) is 7.88. The second-order valence-corrected chi connectivity index (χ2v) is 6.66. The van der Waals surface area contributed by atoms with Crippen molar-refractivity contribution in [3.05, 3.63) is 69.7 Å². The van der Waals surface area contributed by atoms with Crippen molar-refractivity contribution in [3.63, 3.8) is 0 Å². The highest BCUT2D eigenvalue weighted by Crippen LogP contribution is 2.22. The summed E-state index contributed by atoms with van der Waals surface area (Å²) in [7, 11) is 0. The SMILES string of the molecule is Cc1cc(CNc2cccc(Cn3cccn3)c2)c(C)s1. The molecule has 0 amide bonds. The molecule has 1 N–H and O–H groups in total. The molecule has 0 saturated carbocycles. The maximum Gasteiger partial charge on any atom is 0.0660 e. The van der Waals surface area contributed by atoms with Crippen LogP contribution in [-0.4, -0.2) is 9.78 Å².